The van der Waals surface area contributed by atoms with Gasteiger partial charge in [0.15, 0.2) is 0 Å². The second-order valence-electron chi connectivity index (χ2n) is 7.92. The van der Waals surface area contributed by atoms with Crippen LogP contribution >= 0.6 is 11.3 Å². The first-order valence-corrected chi connectivity index (χ1v) is 8.60. The highest BCUT2D eigenvalue weighted by Crippen LogP contribution is 2.40. The average molecular weight is 324 g/mol. The van der Waals surface area contributed by atoms with Crippen LogP contribution in [0, 0.1) is 0 Å². The van der Waals surface area contributed by atoms with Gasteiger partial charge in [0.05, 0.1) is 12.7 Å². The maximum Gasteiger partial charge on any atom is 0.341 e. The smallest absolute Gasteiger partial charge is 0.341 e. The van der Waals surface area contributed by atoms with E-state index in [0.29, 0.717) is 0 Å². The molecular weight excluding hydrogens is 296 g/mol. The number of carbonyl (C=O) groups is 1. The van der Waals surface area contributed by atoms with Crippen LogP contribution in [0.2, 0.25) is 0 Å². The van der Waals surface area contributed by atoms with Crippen molar-refractivity contribution in [2.24, 2.45) is 0 Å². The summed E-state index contributed by atoms with van der Waals surface area (Å²) in [5.74, 6) is -0.228. The number of esters is 1. The van der Waals surface area contributed by atoms with E-state index in [1.54, 1.807) is 11.3 Å². The van der Waals surface area contributed by atoms with Gasteiger partial charge in [0.25, 0.3) is 0 Å². The van der Waals surface area contributed by atoms with E-state index in [1.807, 2.05) is 0 Å². The van der Waals surface area contributed by atoms with Crippen molar-refractivity contribution in [1.82, 2.24) is 4.90 Å². The summed E-state index contributed by atoms with van der Waals surface area (Å²) in [5.41, 5.74) is 1.97. The molecule has 0 aromatic carbocycles. The van der Waals surface area contributed by atoms with Crippen molar-refractivity contribution in [3.8, 4) is 0 Å². The minimum atomic E-state index is -0.228. The minimum absolute atomic E-state index is 0.0834. The lowest BCUT2D eigenvalue weighted by atomic mass is 9.97. The van der Waals surface area contributed by atoms with Gasteiger partial charge in [-0.3, -0.25) is 4.90 Å². The van der Waals surface area contributed by atoms with Gasteiger partial charge in [-0.25, -0.2) is 4.79 Å². The van der Waals surface area contributed by atoms with Gasteiger partial charge in [0.1, 0.15) is 5.00 Å². The Morgan fingerprint density at radius 3 is 2.36 bits per heavy atom. The van der Waals surface area contributed by atoms with Crippen LogP contribution in [0.4, 0.5) is 5.00 Å². The van der Waals surface area contributed by atoms with Gasteiger partial charge in [0.2, 0.25) is 0 Å². The van der Waals surface area contributed by atoms with Crippen LogP contribution in [-0.4, -0.2) is 35.6 Å². The monoisotopic (exact) mass is 324 g/mol. The van der Waals surface area contributed by atoms with Crippen LogP contribution in [0.25, 0.3) is 0 Å². The molecule has 22 heavy (non-hydrogen) atoms. The summed E-state index contributed by atoms with van der Waals surface area (Å²) < 4.78 is 5.02. The summed E-state index contributed by atoms with van der Waals surface area (Å²) in [6, 6.07) is 0. The lowest BCUT2D eigenvalue weighted by molar-refractivity contribution is 0.0599. The van der Waals surface area contributed by atoms with Crippen LogP contribution in [0.3, 0.4) is 0 Å². The third-order valence-electron chi connectivity index (χ3n) is 3.88. The van der Waals surface area contributed by atoms with Gasteiger partial charge < -0.3 is 10.1 Å². The lowest BCUT2D eigenvalue weighted by Crippen LogP contribution is -2.44. The molecule has 1 aliphatic heterocycles. The standard InChI is InChI=1S/C17H28N2O2S/c1-16(2,3)18-14-13(15(20)21-7)11-8-9-19(17(4,5)6)10-12(11)22-14/h18H,8-10H2,1-7H3. The van der Waals surface area contributed by atoms with Crippen LogP contribution in [0.5, 0.6) is 0 Å². The SMILES string of the molecule is COC(=O)c1c(NC(C)(C)C)sc2c1CCN(C(C)(C)C)C2. The summed E-state index contributed by atoms with van der Waals surface area (Å²) in [7, 11) is 1.46. The fourth-order valence-electron chi connectivity index (χ4n) is 2.72. The van der Waals surface area contributed by atoms with Gasteiger partial charge >= 0.3 is 5.97 Å². The number of nitrogens with zero attached hydrogens (tertiary/aromatic N) is 1. The molecule has 124 valence electrons. The number of fused-ring (bicyclic) bond motifs is 1. The molecule has 0 unspecified atom stereocenters. The molecule has 0 fully saturated rings. The Kier molecular flexibility index (Phi) is 4.60. The summed E-state index contributed by atoms with van der Waals surface area (Å²) in [5, 5.41) is 4.42. The van der Waals surface area contributed by atoms with Crippen molar-refractivity contribution in [3.05, 3.63) is 16.0 Å². The molecule has 5 heteroatoms. The Morgan fingerprint density at radius 2 is 1.86 bits per heavy atom. The van der Waals surface area contributed by atoms with Gasteiger partial charge in [-0.05, 0) is 53.5 Å². The minimum Gasteiger partial charge on any atom is -0.465 e. The molecule has 1 aromatic heterocycles. The zero-order chi connectivity index (χ0) is 16.7. The second kappa shape index (κ2) is 5.85. The number of hydrogen-bond donors (Lipinski definition) is 1. The molecule has 0 saturated carbocycles. The van der Waals surface area contributed by atoms with Crippen LogP contribution < -0.4 is 5.32 Å². The fraction of sp³-hybridized carbons (Fsp3) is 0.706. The first kappa shape index (κ1) is 17.3. The summed E-state index contributed by atoms with van der Waals surface area (Å²) in [6.45, 7) is 14.9. The van der Waals surface area contributed by atoms with E-state index in [-0.39, 0.29) is 17.0 Å². The van der Waals surface area contributed by atoms with E-state index in [2.05, 4.69) is 51.8 Å². The van der Waals surface area contributed by atoms with Gasteiger partial charge in [-0.1, -0.05) is 0 Å². The first-order chi connectivity index (χ1) is 10.0. The van der Waals surface area contributed by atoms with Crippen molar-refractivity contribution in [2.75, 3.05) is 19.0 Å². The molecule has 0 spiro atoms. The maximum absolute atomic E-state index is 12.3. The largest absolute Gasteiger partial charge is 0.465 e. The highest BCUT2D eigenvalue weighted by molar-refractivity contribution is 7.16. The predicted octanol–water partition coefficient (Wildman–Crippen LogP) is 3.90. The quantitative estimate of drug-likeness (QED) is 0.838. The topological polar surface area (TPSA) is 41.6 Å². The highest BCUT2D eigenvalue weighted by atomic mass is 32.1. The van der Waals surface area contributed by atoms with E-state index in [9.17, 15) is 4.79 Å². The van der Waals surface area contributed by atoms with E-state index in [0.717, 1.165) is 30.1 Å². The normalized spacial score (nSPS) is 16.3. The van der Waals surface area contributed by atoms with Crippen LogP contribution in [0.1, 0.15) is 62.3 Å². The third kappa shape index (κ3) is 3.63. The van der Waals surface area contributed by atoms with E-state index in [4.69, 9.17) is 4.74 Å². The van der Waals surface area contributed by atoms with Crippen LogP contribution in [-0.2, 0) is 17.7 Å². The van der Waals surface area contributed by atoms with E-state index >= 15 is 0 Å². The van der Waals surface area contributed by atoms with Crippen molar-refractivity contribution in [1.29, 1.82) is 0 Å². The number of nitrogens with one attached hydrogen (secondary N) is 1. The molecule has 0 bridgehead atoms. The predicted molar refractivity (Wildman–Crippen MR) is 92.9 cm³/mol. The summed E-state index contributed by atoms with van der Waals surface area (Å²) >= 11 is 1.70. The Hall–Kier alpha value is -1.07. The van der Waals surface area contributed by atoms with Crippen molar-refractivity contribution in [3.63, 3.8) is 0 Å². The molecule has 2 rings (SSSR count). The fourth-order valence-corrected chi connectivity index (χ4v) is 4.18. The molecular formula is C17H28N2O2S. The second-order valence-corrected chi connectivity index (χ2v) is 9.02. The van der Waals surface area contributed by atoms with Crippen molar-refractivity contribution < 1.29 is 9.53 Å². The Morgan fingerprint density at radius 1 is 1.23 bits per heavy atom. The highest BCUT2D eigenvalue weighted by Gasteiger charge is 2.32. The number of anilines is 1. The van der Waals surface area contributed by atoms with Gasteiger partial charge in [-0.2, -0.15) is 0 Å². The Balaban J connectivity index is 2.42. The molecule has 1 aliphatic rings. The molecule has 4 nitrogen and oxygen atoms in total. The van der Waals surface area contributed by atoms with Crippen molar-refractivity contribution >= 4 is 22.3 Å². The molecule has 0 radical (unpaired) electrons. The molecule has 1 aromatic rings. The molecule has 0 atom stereocenters. The third-order valence-corrected chi connectivity index (χ3v) is 5.02. The van der Waals surface area contributed by atoms with Crippen molar-refractivity contribution in [2.45, 2.75) is 65.6 Å². The zero-order valence-corrected chi connectivity index (χ0v) is 15.6. The number of hydrogen-bond acceptors (Lipinski definition) is 5. The van der Waals surface area contributed by atoms with Gasteiger partial charge in [0, 0.05) is 29.0 Å². The zero-order valence-electron chi connectivity index (χ0n) is 14.8. The first-order valence-electron chi connectivity index (χ1n) is 7.79. The number of ether oxygens (including phenoxy) is 1. The lowest BCUT2D eigenvalue weighted by Gasteiger charge is -2.38. The molecule has 0 saturated heterocycles. The maximum atomic E-state index is 12.3. The average Bonchev–Trinajstić information content (AvgIpc) is 2.71. The van der Waals surface area contributed by atoms with Crippen LogP contribution in [0.15, 0.2) is 0 Å². The molecule has 1 N–H and O–H groups in total. The molecule has 0 aliphatic carbocycles. The number of methoxy groups -OCH3 is 1. The Labute approximate surface area is 137 Å². The Bertz CT molecular complexity index is 564. The van der Waals surface area contributed by atoms with Gasteiger partial charge in [-0.15, -0.1) is 11.3 Å². The summed E-state index contributed by atoms with van der Waals surface area (Å²) in [4.78, 5) is 16.0. The number of thiophene rings is 1. The molecule has 2 heterocycles. The number of rotatable bonds is 2. The molecule has 0 amide bonds. The summed E-state index contributed by atoms with van der Waals surface area (Å²) in [6.07, 6.45) is 0.902. The van der Waals surface area contributed by atoms with E-state index < -0.39 is 0 Å². The number of carbonyl (C=O) groups excluding carboxylic acids is 1. The van der Waals surface area contributed by atoms with E-state index in [1.165, 1.54) is 17.6 Å².